The summed E-state index contributed by atoms with van der Waals surface area (Å²) in [6.07, 6.45) is 1.32. The van der Waals surface area contributed by atoms with E-state index in [2.05, 4.69) is 20.9 Å². The van der Waals surface area contributed by atoms with Gasteiger partial charge in [0.2, 0.25) is 5.91 Å². The Morgan fingerprint density at radius 2 is 1.72 bits per heavy atom. The molecule has 0 saturated carbocycles. The molecule has 194 valence electrons. The normalized spacial score (nSPS) is 13.8. The lowest BCUT2D eigenvalue weighted by Crippen LogP contribution is -2.36. The number of benzene rings is 2. The van der Waals surface area contributed by atoms with Gasteiger partial charge in [0, 0.05) is 57.1 Å². The fourth-order valence-electron chi connectivity index (χ4n) is 4.17. The number of carbonyl (C=O) groups excluding carboxylic acids is 3. The second-order valence-electron chi connectivity index (χ2n) is 9.34. The topological polar surface area (TPSA) is 93.8 Å². The van der Waals surface area contributed by atoms with Gasteiger partial charge in [-0.15, -0.1) is 0 Å². The molecule has 3 N–H and O–H groups in total. The molecule has 0 unspecified atom stereocenters. The third-order valence-corrected chi connectivity index (χ3v) is 5.97. The van der Waals surface area contributed by atoms with Crippen molar-refractivity contribution in [2.45, 2.75) is 40.2 Å². The molecule has 0 aliphatic carbocycles. The number of amides is 4. The highest BCUT2D eigenvalue weighted by Gasteiger charge is 2.23. The van der Waals surface area contributed by atoms with Gasteiger partial charge in [-0.25, -0.2) is 9.18 Å². The van der Waals surface area contributed by atoms with Crippen LogP contribution in [0.5, 0.6) is 0 Å². The third kappa shape index (κ3) is 7.69. The molecule has 0 radical (unpaired) electrons. The summed E-state index contributed by atoms with van der Waals surface area (Å²) in [4.78, 5) is 41.9. The summed E-state index contributed by atoms with van der Waals surface area (Å²) in [7, 11) is 0. The number of hydrogen-bond donors (Lipinski definition) is 3. The lowest BCUT2D eigenvalue weighted by molar-refractivity contribution is -0.131. The van der Waals surface area contributed by atoms with Gasteiger partial charge in [-0.05, 0) is 55.2 Å². The van der Waals surface area contributed by atoms with Crippen LogP contribution in [0.15, 0.2) is 42.5 Å². The number of rotatable bonds is 8. The molecule has 0 atom stereocenters. The predicted octanol–water partition coefficient (Wildman–Crippen LogP) is 3.98. The van der Waals surface area contributed by atoms with Gasteiger partial charge >= 0.3 is 6.03 Å². The zero-order valence-electron chi connectivity index (χ0n) is 21.3. The first-order chi connectivity index (χ1) is 17.3. The zero-order valence-corrected chi connectivity index (χ0v) is 21.3. The highest BCUT2D eigenvalue weighted by atomic mass is 19.1. The molecule has 2 aromatic carbocycles. The van der Waals surface area contributed by atoms with Crippen molar-refractivity contribution in [3.05, 3.63) is 59.4 Å². The van der Waals surface area contributed by atoms with Crippen molar-refractivity contribution in [2.75, 3.05) is 42.9 Å². The molecule has 0 spiro atoms. The SMILES string of the molecule is CCNC(=O)Nc1ccc(N2CCCN(C(=O)CC(C)C)CC2)c(C(=O)NCc2ccc(F)cc2)c1. The molecule has 0 bridgehead atoms. The molecule has 1 aliphatic rings. The first kappa shape index (κ1) is 27.0. The average Bonchev–Trinajstić information content (AvgIpc) is 3.09. The smallest absolute Gasteiger partial charge is 0.319 e. The van der Waals surface area contributed by atoms with E-state index in [1.807, 2.05) is 31.7 Å². The molecule has 4 amide bonds. The van der Waals surface area contributed by atoms with Crippen molar-refractivity contribution in [1.29, 1.82) is 0 Å². The number of urea groups is 1. The fraction of sp³-hybridized carbons (Fsp3) is 0.444. The molecular formula is C27H36FN5O3. The minimum absolute atomic E-state index is 0.158. The minimum Gasteiger partial charge on any atom is -0.369 e. The lowest BCUT2D eigenvalue weighted by atomic mass is 10.1. The standard InChI is InChI=1S/C27H36FN5O3/c1-4-29-27(36)31-22-10-11-24(32-12-5-13-33(15-14-32)25(34)16-19(2)3)23(17-22)26(35)30-18-20-6-8-21(28)9-7-20/h6-11,17,19H,4-5,12-16,18H2,1-3H3,(H,30,35)(H2,29,31,36). The first-order valence-corrected chi connectivity index (χ1v) is 12.5. The summed E-state index contributed by atoms with van der Waals surface area (Å²) in [6, 6.07) is 10.9. The molecule has 0 aromatic heterocycles. The highest BCUT2D eigenvalue weighted by Crippen LogP contribution is 2.26. The van der Waals surface area contributed by atoms with Crippen molar-refractivity contribution >= 4 is 29.2 Å². The van der Waals surface area contributed by atoms with Crippen molar-refractivity contribution in [2.24, 2.45) is 5.92 Å². The Kier molecular flexibility index (Phi) is 9.67. The van der Waals surface area contributed by atoms with E-state index >= 15 is 0 Å². The summed E-state index contributed by atoms with van der Waals surface area (Å²) in [5.74, 6) is -0.173. The van der Waals surface area contributed by atoms with Gasteiger partial charge in [0.25, 0.3) is 5.91 Å². The Balaban J connectivity index is 1.80. The van der Waals surface area contributed by atoms with Crippen molar-refractivity contribution < 1.29 is 18.8 Å². The van der Waals surface area contributed by atoms with E-state index in [9.17, 15) is 18.8 Å². The number of anilines is 2. The third-order valence-electron chi connectivity index (χ3n) is 5.97. The van der Waals surface area contributed by atoms with E-state index in [1.165, 1.54) is 12.1 Å². The van der Waals surface area contributed by atoms with Crippen LogP contribution < -0.4 is 20.9 Å². The molecule has 2 aromatic rings. The Bertz CT molecular complexity index is 1060. The van der Waals surface area contributed by atoms with Crippen LogP contribution in [0.3, 0.4) is 0 Å². The van der Waals surface area contributed by atoms with Crippen LogP contribution in [0.4, 0.5) is 20.6 Å². The van der Waals surface area contributed by atoms with Crippen LogP contribution in [0.1, 0.15) is 49.5 Å². The van der Waals surface area contributed by atoms with E-state index in [0.717, 1.165) is 17.7 Å². The van der Waals surface area contributed by atoms with Crippen molar-refractivity contribution in [3.8, 4) is 0 Å². The summed E-state index contributed by atoms with van der Waals surface area (Å²) < 4.78 is 13.2. The van der Waals surface area contributed by atoms with Gasteiger partial charge in [0.05, 0.1) is 5.56 Å². The molecule has 1 aliphatic heterocycles. The Hall–Kier alpha value is -3.62. The van der Waals surface area contributed by atoms with Gasteiger partial charge in [0.15, 0.2) is 0 Å². The Morgan fingerprint density at radius 3 is 2.42 bits per heavy atom. The van der Waals surface area contributed by atoms with Crippen LogP contribution in [0.25, 0.3) is 0 Å². The van der Waals surface area contributed by atoms with Crippen LogP contribution in [0.2, 0.25) is 0 Å². The maximum atomic E-state index is 13.3. The lowest BCUT2D eigenvalue weighted by Gasteiger charge is -2.26. The van der Waals surface area contributed by atoms with Crippen LogP contribution in [-0.2, 0) is 11.3 Å². The molecule has 1 saturated heterocycles. The number of nitrogens with zero attached hydrogens (tertiary/aromatic N) is 2. The quantitative estimate of drug-likeness (QED) is 0.514. The summed E-state index contributed by atoms with van der Waals surface area (Å²) in [6.45, 7) is 9.19. The summed E-state index contributed by atoms with van der Waals surface area (Å²) in [5, 5.41) is 8.34. The van der Waals surface area contributed by atoms with Gasteiger partial charge in [-0.1, -0.05) is 26.0 Å². The maximum Gasteiger partial charge on any atom is 0.319 e. The van der Waals surface area contributed by atoms with Crippen LogP contribution in [0, 0.1) is 11.7 Å². The van der Waals surface area contributed by atoms with Crippen LogP contribution >= 0.6 is 0 Å². The molecular weight excluding hydrogens is 461 g/mol. The summed E-state index contributed by atoms with van der Waals surface area (Å²) >= 11 is 0. The zero-order chi connectivity index (χ0) is 26.1. The van der Waals surface area contributed by atoms with E-state index in [4.69, 9.17) is 0 Å². The number of nitrogens with one attached hydrogen (secondary N) is 3. The second-order valence-corrected chi connectivity index (χ2v) is 9.34. The molecule has 8 nitrogen and oxygen atoms in total. The molecule has 9 heteroatoms. The Morgan fingerprint density at radius 1 is 0.972 bits per heavy atom. The number of carbonyl (C=O) groups is 3. The molecule has 1 fully saturated rings. The molecule has 36 heavy (non-hydrogen) atoms. The Labute approximate surface area is 212 Å². The minimum atomic E-state index is -0.350. The summed E-state index contributed by atoms with van der Waals surface area (Å²) in [5.41, 5.74) is 2.44. The van der Waals surface area contributed by atoms with Gasteiger partial charge in [-0.3, -0.25) is 9.59 Å². The van der Waals surface area contributed by atoms with Crippen molar-refractivity contribution in [1.82, 2.24) is 15.5 Å². The van der Waals surface area contributed by atoms with Gasteiger partial charge in [0.1, 0.15) is 5.82 Å². The molecule has 1 heterocycles. The number of halogens is 1. The van der Waals surface area contributed by atoms with Crippen molar-refractivity contribution in [3.63, 3.8) is 0 Å². The van der Waals surface area contributed by atoms with E-state index in [-0.39, 0.29) is 30.2 Å². The largest absolute Gasteiger partial charge is 0.369 e. The van der Waals surface area contributed by atoms with Gasteiger partial charge < -0.3 is 25.8 Å². The van der Waals surface area contributed by atoms with E-state index in [0.29, 0.717) is 56.3 Å². The van der Waals surface area contributed by atoms with Crippen LogP contribution in [-0.4, -0.2) is 55.5 Å². The van der Waals surface area contributed by atoms with Gasteiger partial charge in [-0.2, -0.15) is 0 Å². The second kappa shape index (κ2) is 12.9. The average molecular weight is 498 g/mol. The predicted molar refractivity (Wildman–Crippen MR) is 140 cm³/mol. The fourth-order valence-corrected chi connectivity index (χ4v) is 4.17. The first-order valence-electron chi connectivity index (χ1n) is 12.5. The monoisotopic (exact) mass is 497 g/mol. The molecule has 3 rings (SSSR count). The van der Waals surface area contributed by atoms with E-state index < -0.39 is 0 Å². The highest BCUT2D eigenvalue weighted by molar-refractivity contribution is 6.02. The number of hydrogen-bond acceptors (Lipinski definition) is 4. The maximum absolute atomic E-state index is 13.3. The van der Waals surface area contributed by atoms with E-state index in [1.54, 1.807) is 24.3 Å².